The van der Waals surface area contributed by atoms with E-state index in [0.29, 0.717) is 0 Å². The van der Waals surface area contributed by atoms with Crippen LogP contribution < -0.4 is 0 Å². The standard InChI is InChI=1S/C10H15ClO3/c1-14-10(13)8(9(11)12)7-5-3-2-4-6-7/h7-8H,2-6H2,1H3. The molecule has 0 amide bonds. The SMILES string of the molecule is COC(=O)C(C(=O)Cl)C1CCCCC1. The van der Waals surface area contributed by atoms with E-state index in [9.17, 15) is 9.59 Å². The predicted molar refractivity (Wildman–Crippen MR) is 52.9 cm³/mol. The number of halogens is 1. The number of carbonyl (C=O) groups is 2. The fourth-order valence-electron chi connectivity index (χ4n) is 2.06. The van der Waals surface area contributed by atoms with Gasteiger partial charge in [-0.25, -0.2) is 0 Å². The Labute approximate surface area is 88.8 Å². The molecule has 1 atom stereocenters. The van der Waals surface area contributed by atoms with Crippen LogP contribution >= 0.6 is 11.6 Å². The molecule has 1 aliphatic rings. The van der Waals surface area contributed by atoms with Gasteiger partial charge in [-0.15, -0.1) is 0 Å². The molecule has 1 unspecified atom stereocenters. The maximum atomic E-state index is 11.3. The summed E-state index contributed by atoms with van der Waals surface area (Å²) in [5.41, 5.74) is 0. The summed E-state index contributed by atoms with van der Waals surface area (Å²) in [6.45, 7) is 0. The van der Waals surface area contributed by atoms with Crippen molar-refractivity contribution >= 4 is 22.8 Å². The third-order valence-corrected chi connectivity index (χ3v) is 3.06. The van der Waals surface area contributed by atoms with Crippen molar-refractivity contribution in [1.29, 1.82) is 0 Å². The highest BCUT2D eigenvalue weighted by atomic mass is 35.5. The first-order valence-corrected chi connectivity index (χ1v) is 5.31. The Kier molecular flexibility index (Phi) is 4.39. The van der Waals surface area contributed by atoms with Gasteiger partial charge in [-0.1, -0.05) is 19.3 Å². The quantitative estimate of drug-likeness (QED) is 0.414. The minimum atomic E-state index is -0.748. The van der Waals surface area contributed by atoms with E-state index in [4.69, 9.17) is 11.6 Å². The lowest BCUT2D eigenvalue weighted by molar-refractivity contribution is -0.150. The number of ether oxygens (including phenoxy) is 1. The third-order valence-electron chi connectivity index (χ3n) is 2.82. The van der Waals surface area contributed by atoms with Gasteiger partial charge in [0, 0.05) is 0 Å². The van der Waals surface area contributed by atoms with E-state index in [1.54, 1.807) is 0 Å². The molecular weight excluding hydrogens is 204 g/mol. The average Bonchev–Trinajstić information content (AvgIpc) is 2.19. The van der Waals surface area contributed by atoms with Crippen LogP contribution in [0.3, 0.4) is 0 Å². The van der Waals surface area contributed by atoms with Crippen LogP contribution in [0.1, 0.15) is 32.1 Å². The molecule has 1 fully saturated rings. The highest BCUT2D eigenvalue weighted by molar-refractivity contribution is 6.65. The molecule has 0 aromatic rings. The van der Waals surface area contributed by atoms with Crippen molar-refractivity contribution in [1.82, 2.24) is 0 Å². The summed E-state index contributed by atoms with van der Waals surface area (Å²) in [7, 11) is 1.29. The summed E-state index contributed by atoms with van der Waals surface area (Å²) in [4.78, 5) is 22.4. The summed E-state index contributed by atoms with van der Waals surface area (Å²) in [6, 6.07) is 0. The first-order chi connectivity index (χ1) is 6.66. The lowest BCUT2D eigenvalue weighted by atomic mass is 9.80. The fourth-order valence-corrected chi connectivity index (χ4v) is 2.33. The summed E-state index contributed by atoms with van der Waals surface area (Å²) in [5, 5.41) is -0.580. The first-order valence-electron chi connectivity index (χ1n) is 4.94. The molecule has 3 nitrogen and oxygen atoms in total. The highest BCUT2D eigenvalue weighted by Crippen LogP contribution is 2.31. The molecule has 80 valence electrons. The van der Waals surface area contributed by atoms with Gasteiger partial charge in [0.2, 0.25) is 5.24 Å². The van der Waals surface area contributed by atoms with Crippen molar-refractivity contribution in [3.05, 3.63) is 0 Å². The molecule has 1 aliphatic carbocycles. The molecule has 0 aliphatic heterocycles. The van der Waals surface area contributed by atoms with Crippen LogP contribution in [0.15, 0.2) is 0 Å². The fraction of sp³-hybridized carbons (Fsp3) is 0.800. The Morgan fingerprint density at radius 3 is 2.29 bits per heavy atom. The third kappa shape index (κ3) is 2.71. The van der Waals surface area contributed by atoms with Gasteiger partial charge in [0.15, 0.2) is 0 Å². The smallest absolute Gasteiger partial charge is 0.317 e. The molecule has 0 aromatic carbocycles. The monoisotopic (exact) mass is 218 g/mol. The number of hydrogen-bond donors (Lipinski definition) is 0. The van der Waals surface area contributed by atoms with E-state index in [1.165, 1.54) is 13.5 Å². The number of carbonyl (C=O) groups excluding carboxylic acids is 2. The topological polar surface area (TPSA) is 43.4 Å². The van der Waals surface area contributed by atoms with Crippen molar-refractivity contribution in [3.63, 3.8) is 0 Å². The molecule has 0 bridgehead atoms. The van der Waals surface area contributed by atoms with E-state index >= 15 is 0 Å². The molecule has 0 saturated heterocycles. The summed E-state index contributed by atoms with van der Waals surface area (Å²) < 4.78 is 4.58. The van der Waals surface area contributed by atoms with Crippen LogP contribution in [-0.4, -0.2) is 18.3 Å². The maximum absolute atomic E-state index is 11.3. The van der Waals surface area contributed by atoms with Gasteiger partial charge in [-0.2, -0.15) is 0 Å². The van der Waals surface area contributed by atoms with Crippen LogP contribution in [-0.2, 0) is 14.3 Å². The minimum Gasteiger partial charge on any atom is -0.468 e. The van der Waals surface area contributed by atoms with Crippen molar-refractivity contribution < 1.29 is 14.3 Å². The molecular formula is C10H15ClO3. The Bertz CT molecular complexity index is 221. The average molecular weight is 219 g/mol. The van der Waals surface area contributed by atoms with E-state index < -0.39 is 17.1 Å². The summed E-state index contributed by atoms with van der Waals surface area (Å²) >= 11 is 5.41. The lowest BCUT2D eigenvalue weighted by Crippen LogP contribution is -2.31. The van der Waals surface area contributed by atoms with E-state index in [1.807, 2.05) is 0 Å². The zero-order valence-corrected chi connectivity index (χ0v) is 9.05. The normalized spacial score (nSPS) is 20.1. The van der Waals surface area contributed by atoms with Gasteiger partial charge < -0.3 is 4.74 Å². The van der Waals surface area contributed by atoms with Crippen molar-refractivity contribution in [2.45, 2.75) is 32.1 Å². The second-order valence-corrected chi connectivity index (χ2v) is 4.08. The number of rotatable bonds is 3. The van der Waals surface area contributed by atoms with Crippen molar-refractivity contribution in [3.8, 4) is 0 Å². The molecule has 4 heteroatoms. The van der Waals surface area contributed by atoms with Gasteiger partial charge >= 0.3 is 5.97 Å². The molecule has 0 N–H and O–H groups in total. The molecule has 0 heterocycles. The first kappa shape index (κ1) is 11.5. The predicted octanol–water partition coefficient (Wildman–Crippen LogP) is 2.12. The van der Waals surface area contributed by atoms with Crippen LogP contribution in [0, 0.1) is 11.8 Å². The lowest BCUT2D eigenvalue weighted by Gasteiger charge is -2.25. The largest absolute Gasteiger partial charge is 0.468 e. The van der Waals surface area contributed by atoms with Crippen LogP contribution in [0.5, 0.6) is 0 Å². The van der Waals surface area contributed by atoms with Crippen molar-refractivity contribution in [2.75, 3.05) is 7.11 Å². The number of methoxy groups -OCH3 is 1. The maximum Gasteiger partial charge on any atom is 0.317 e. The second kappa shape index (κ2) is 5.35. The van der Waals surface area contributed by atoms with Gasteiger partial charge in [-0.3, -0.25) is 9.59 Å². The van der Waals surface area contributed by atoms with E-state index in [0.717, 1.165) is 25.7 Å². The van der Waals surface area contributed by atoms with Crippen molar-refractivity contribution in [2.24, 2.45) is 11.8 Å². The van der Waals surface area contributed by atoms with Gasteiger partial charge in [0.05, 0.1) is 7.11 Å². The Balaban J connectivity index is 2.65. The zero-order chi connectivity index (χ0) is 10.6. The van der Waals surface area contributed by atoms with Gasteiger partial charge in [0.1, 0.15) is 5.92 Å². The Hall–Kier alpha value is -0.570. The van der Waals surface area contributed by atoms with E-state index in [2.05, 4.69) is 4.74 Å². The minimum absolute atomic E-state index is 0.0844. The summed E-state index contributed by atoms with van der Waals surface area (Å²) in [6.07, 6.45) is 5.13. The summed E-state index contributed by atoms with van der Waals surface area (Å²) in [5.74, 6) is -1.15. The van der Waals surface area contributed by atoms with Crippen LogP contribution in [0.25, 0.3) is 0 Å². The molecule has 1 rings (SSSR count). The van der Waals surface area contributed by atoms with Crippen LogP contribution in [0.4, 0.5) is 0 Å². The molecule has 0 aromatic heterocycles. The zero-order valence-electron chi connectivity index (χ0n) is 8.29. The van der Waals surface area contributed by atoms with Gasteiger partial charge in [-0.05, 0) is 30.4 Å². The molecule has 1 saturated carbocycles. The van der Waals surface area contributed by atoms with Gasteiger partial charge in [0.25, 0.3) is 0 Å². The van der Waals surface area contributed by atoms with E-state index in [-0.39, 0.29) is 5.92 Å². The molecule has 14 heavy (non-hydrogen) atoms. The Morgan fingerprint density at radius 2 is 1.86 bits per heavy atom. The highest BCUT2D eigenvalue weighted by Gasteiger charge is 2.35. The second-order valence-electron chi connectivity index (χ2n) is 3.70. The molecule has 0 radical (unpaired) electrons. The van der Waals surface area contributed by atoms with Crippen LogP contribution in [0.2, 0.25) is 0 Å². The molecule has 0 spiro atoms. The number of hydrogen-bond acceptors (Lipinski definition) is 3. The Morgan fingerprint density at radius 1 is 1.29 bits per heavy atom. The number of esters is 1.